The van der Waals surface area contributed by atoms with Crippen molar-refractivity contribution in [3.8, 4) is 11.5 Å². The van der Waals surface area contributed by atoms with Gasteiger partial charge in [-0.3, -0.25) is 5.26 Å². The summed E-state index contributed by atoms with van der Waals surface area (Å²) in [6.45, 7) is 0.886. The van der Waals surface area contributed by atoms with Crippen molar-refractivity contribution in [1.82, 2.24) is 4.90 Å². The van der Waals surface area contributed by atoms with E-state index in [-0.39, 0.29) is 12.0 Å². The molecule has 1 saturated heterocycles. The van der Waals surface area contributed by atoms with Crippen LogP contribution in [-0.4, -0.2) is 54.6 Å². The molecule has 6 nitrogen and oxygen atoms in total. The van der Waals surface area contributed by atoms with Gasteiger partial charge in [0.05, 0.1) is 12.6 Å². The van der Waals surface area contributed by atoms with Gasteiger partial charge in [-0.15, -0.1) is 0 Å². The van der Waals surface area contributed by atoms with E-state index in [1.54, 1.807) is 7.11 Å². The lowest BCUT2D eigenvalue weighted by atomic mass is 9.65. The molecule has 24 heavy (non-hydrogen) atoms. The lowest BCUT2D eigenvalue weighted by Gasteiger charge is -2.54. The van der Waals surface area contributed by atoms with Gasteiger partial charge in [0, 0.05) is 18.5 Å². The third kappa shape index (κ3) is 2.25. The van der Waals surface area contributed by atoms with Gasteiger partial charge in [0.25, 0.3) is 0 Å². The standard InChI is InChI=1S/C18H24N2O4/c1-20-8-7-18(19)12-4-6-15(24-21)17(18)23-16-10-11(9-13(12)20)3-5-14(16)22-2/h3-6,10,12-13,15,17,21H,7-9,19H2,1-2H3/t12-,13-,15+,17+,18+/m1/s1. The smallest absolute Gasteiger partial charge is 0.162 e. The van der Waals surface area contributed by atoms with Crippen LogP contribution in [0.25, 0.3) is 0 Å². The topological polar surface area (TPSA) is 77.2 Å². The molecule has 2 aliphatic heterocycles. The fourth-order valence-corrected chi connectivity index (χ4v) is 4.48. The van der Waals surface area contributed by atoms with Gasteiger partial charge >= 0.3 is 0 Å². The first kappa shape index (κ1) is 15.9. The zero-order valence-corrected chi connectivity index (χ0v) is 14.0. The van der Waals surface area contributed by atoms with E-state index in [2.05, 4.69) is 24.1 Å². The predicted octanol–water partition coefficient (Wildman–Crippen LogP) is 1.44. The van der Waals surface area contributed by atoms with Crippen molar-refractivity contribution >= 4 is 0 Å². The van der Waals surface area contributed by atoms with Gasteiger partial charge in [-0.2, -0.15) is 0 Å². The van der Waals surface area contributed by atoms with Gasteiger partial charge in [0.2, 0.25) is 0 Å². The summed E-state index contributed by atoms with van der Waals surface area (Å²) in [7, 11) is 3.76. The molecule has 0 unspecified atom stereocenters. The van der Waals surface area contributed by atoms with Crippen LogP contribution in [0.2, 0.25) is 0 Å². The number of methoxy groups -OCH3 is 1. The molecule has 0 radical (unpaired) electrons. The first-order valence-corrected chi connectivity index (χ1v) is 8.38. The molecule has 4 rings (SSSR count). The Kier molecular flexibility index (Phi) is 3.80. The summed E-state index contributed by atoms with van der Waals surface area (Å²) in [6, 6.07) is 6.30. The molecule has 3 aliphatic rings. The predicted molar refractivity (Wildman–Crippen MR) is 89.2 cm³/mol. The van der Waals surface area contributed by atoms with E-state index >= 15 is 0 Å². The van der Waals surface area contributed by atoms with E-state index in [9.17, 15) is 5.26 Å². The van der Waals surface area contributed by atoms with E-state index in [1.165, 1.54) is 5.56 Å². The van der Waals surface area contributed by atoms with Gasteiger partial charge in [-0.25, -0.2) is 4.89 Å². The quantitative estimate of drug-likeness (QED) is 0.485. The van der Waals surface area contributed by atoms with Gasteiger partial charge < -0.3 is 20.1 Å². The second kappa shape index (κ2) is 5.74. The minimum Gasteiger partial charge on any atom is -0.493 e. The lowest BCUT2D eigenvalue weighted by Crippen LogP contribution is -2.71. The fourth-order valence-electron chi connectivity index (χ4n) is 4.48. The van der Waals surface area contributed by atoms with Crippen molar-refractivity contribution in [2.24, 2.45) is 11.7 Å². The number of hydrogen-bond donors (Lipinski definition) is 2. The average Bonchev–Trinajstić information content (AvgIpc) is 2.60. The maximum atomic E-state index is 9.37. The maximum absolute atomic E-state index is 9.37. The highest BCUT2D eigenvalue weighted by atomic mass is 17.1. The minimum absolute atomic E-state index is 0.132. The summed E-state index contributed by atoms with van der Waals surface area (Å²) in [5.74, 6) is 1.44. The van der Waals surface area contributed by atoms with E-state index < -0.39 is 17.7 Å². The summed E-state index contributed by atoms with van der Waals surface area (Å²) < 4.78 is 11.7. The molecule has 0 aromatic heterocycles. The number of nitrogens with zero attached hydrogens (tertiary/aromatic N) is 1. The molecule has 0 saturated carbocycles. The zero-order valence-electron chi connectivity index (χ0n) is 14.0. The second-order valence-electron chi connectivity index (χ2n) is 7.12. The number of benzene rings is 1. The largest absolute Gasteiger partial charge is 0.493 e. The molecule has 130 valence electrons. The Balaban J connectivity index is 1.88. The van der Waals surface area contributed by atoms with Crippen LogP contribution < -0.4 is 15.2 Å². The molecule has 1 aliphatic carbocycles. The molecule has 1 aromatic carbocycles. The number of rotatable bonds is 2. The van der Waals surface area contributed by atoms with Crippen LogP contribution in [0.4, 0.5) is 0 Å². The number of fused-ring (bicyclic) bond motifs is 2. The summed E-state index contributed by atoms with van der Waals surface area (Å²) in [5, 5.41) is 9.37. The van der Waals surface area contributed by atoms with Crippen LogP contribution in [0.5, 0.6) is 11.5 Å². The number of ether oxygens (including phenoxy) is 2. The Morgan fingerprint density at radius 3 is 2.96 bits per heavy atom. The molecular weight excluding hydrogens is 308 g/mol. The summed E-state index contributed by atoms with van der Waals surface area (Å²) >= 11 is 0. The Labute approximate surface area is 141 Å². The van der Waals surface area contributed by atoms with E-state index in [0.717, 1.165) is 19.4 Å². The molecule has 6 heteroatoms. The molecule has 2 heterocycles. The van der Waals surface area contributed by atoms with Crippen molar-refractivity contribution in [2.45, 2.75) is 36.6 Å². The minimum atomic E-state index is -0.600. The van der Waals surface area contributed by atoms with Crippen LogP contribution in [0.3, 0.4) is 0 Å². The number of piperidine rings is 1. The third-order valence-corrected chi connectivity index (χ3v) is 5.88. The first-order valence-electron chi connectivity index (χ1n) is 8.38. The number of hydrogen-bond acceptors (Lipinski definition) is 6. The van der Waals surface area contributed by atoms with Crippen LogP contribution >= 0.6 is 0 Å². The van der Waals surface area contributed by atoms with Crippen molar-refractivity contribution < 1.29 is 19.6 Å². The summed E-state index contributed by atoms with van der Waals surface area (Å²) in [5.41, 5.74) is 7.47. The van der Waals surface area contributed by atoms with Crippen molar-refractivity contribution in [2.75, 3.05) is 20.7 Å². The van der Waals surface area contributed by atoms with Crippen molar-refractivity contribution in [3.63, 3.8) is 0 Å². The molecular formula is C18H24N2O4. The monoisotopic (exact) mass is 332 g/mol. The van der Waals surface area contributed by atoms with Crippen LogP contribution in [0, 0.1) is 5.92 Å². The molecule has 3 N–H and O–H groups in total. The number of likely N-dealkylation sites (tertiary alicyclic amines) is 1. The van der Waals surface area contributed by atoms with Gasteiger partial charge in [-0.05, 0) is 37.6 Å². The highest BCUT2D eigenvalue weighted by Crippen LogP contribution is 2.44. The normalized spacial score (nSPS) is 37.8. The van der Waals surface area contributed by atoms with Gasteiger partial charge in [0.15, 0.2) is 17.6 Å². The highest BCUT2D eigenvalue weighted by Gasteiger charge is 2.55. The Morgan fingerprint density at radius 2 is 2.21 bits per heavy atom. The Bertz CT molecular complexity index is 664. The molecule has 0 amide bonds. The van der Waals surface area contributed by atoms with E-state index in [0.29, 0.717) is 11.5 Å². The number of nitrogens with two attached hydrogens (primary N) is 1. The Hall–Kier alpha value is -1.60. The molecule has 5 atom stereocenters. The fraction of sp³-hybridized carbons (Fsp3) is 0.556. The third-order valence-electron chi connectivity index (χ3n) is 5.88. The number of likely N-dealkylation sites (N-methyl/N-ethyl adjacent to an activating group) is 1. The maximum Gasteiger partial charge on any atom is 0.162 e. The average molecular weight is 332 g/mol. The molecule has 1 aromatic rings. The summed E-state index contributed by atoms with van der Waals surface area (Å²) in [4.78, 5) is 7.06. The second-order valence-corrected chi connectivity index (χ2v) is 7.12. The molecule has 6 bridgehead atoms. The van der Waals surface area contributed by atoms with Crippen LogP contribution in [0.1, 0.15) is 12.0 Å². The Morgan fingerprint density at radius 1 is 1.38 bits per heavy atom. The van der Waals surface area contributed by atoms with Crippen LogP contribution in [0.15, 0.2) is 30.4 Å². The van der Waals surface area contributed by atoms with E-state index in [1.807, 2.05) is 18.2 Å². The van der Waals surface area contributed by atoms with Gasteiger partial charge in [0.1, 0.15) is 6.10 Å². The van der Waals surface area contributed by atoms with Crippen molar-refractivity contribution in [1.29, 1.82) is 0 Å². The SMILES string of the molecule is COc1ccc2cc1O[C@H]1[C@@H](OO)C=C[C@@H]3[C@@H](C2)N(C)CC[C@]31N. The first-order chi connectivity index (χ1) is 11.6. The van der Waals surface area contributed by atoms with E-state index in [4.69, 9.17) is 20.1 Å². The molecule has 1 fully saturated rings. The zero-order chi connectivity index (χ0) is 16.9. The summed E-state index contributed by atoms with van der Waals surface area (Å²) in [6.07, 6.45) is 4.55. The highest BCUT2D eigenvalue weighted by molar-refractivity contribution is 5.45. The van der Waals surface area contributed by atoms with Gasteiger partial charge in [-0.1, -0.05) is 18.2 Å². The molecule has 0 spiro atoms. The van der Waals surface area contributed by atoms with Crippen LogP contribution in [-0.2, 0) is 11.3 Å². The lowest BCUT2D eigenvalue weighted by molar-refractivity contribution is -0.290. The van der Waals surface area contributed by atoms with Crippen molar-refractivity contribution in [3.05, 3.63) is 35.9 Å².